The van der Waals surface area contributed by atoms with Gasteiger partial charge in [-0.3, -0.25) is 9.69 Å². The van der Waals surface area contributed by atoms with Crippen molar-refractivity contribution < 1.29 is 38.5 Å². The lowest BCUT2D eigenvalue weighted by atomic mass is 9.97. The van der Waals surface area contributed by atoms with Gasteiger partial charge in [-0.2, -0.15) is 0 Å². The van der Waals surface area contributed by atoms with Crippen LogP contribution >= 0.6 is 0 Å². The highest BCUT2D eigenvalue weighted by atomic mass is 16.5. The van der Waals surface area contributed by atoms with Gasteiger partial charge in [-0.25, -0.2) is 14.4 Å². The van der Waals surface area contributed by atoms with Crippen LogP contribution in [0.5, 0.6) is 0 Å². The average molecular weight is 622 g/mol. The molecule has 244 valence electrons. The Bertz CT molecular complexity index is 1420. The van der Waals surface area contributed by atoms with Crippen LogP contribution in [0.15, 0.2) is 53.0 Å². The zero-order valence-corrected chi connectivity index (χ0v) is 27.1. The normalized spacial score (nSPS) is 11.2. The van der Waals surface area contributed by atoms with Gasteiger partial charge < -0.3 is 19.4 Å². The van der Waals surface area contributed by atoms with Gasteiger partial charge in [0.25, 0.3) is 0 Å². The van der Waals surface area contributed by atoms with E-state index in [1.807, 2.05) is 38.1 Å². The number of carbonyl (C=O) groups is 4. The van der Waals surface area contributed by atoms with Crippen molar-refractivity contribution in [2.24, 2.45) is 0 Å². The number of benzene rings is 2. The molecule has 45 heavy (non-hydrogen) atoms. The molecule has 3 rings (SSSR count). The molecule has 1 aromatic heterocycles. The van der Waals surface area contributed by atoms with Crippen molar-refractivity contribution in [2.45, 2.75) is 85.7 Å². The summed E-state index contributed by atoms with van der Waals surface area (Å²) >= 11 is 0. The van der Waals surface area contributed by atoms with E-state index < -0.39 is 17.9 Å². The molecule has 0 unspecified atom stereocenters. The molecule has 0 spiro atoms. The van der Waals surface area contributed by atoms with E-state index in [-0.39, 0.29) is 11.9 Å². The summed E-state index contributed by atoms with van der Waals surface area (Å²) in [5.41, 5.74) is 3.25. The fourth-order valence-electron chi connectivity index (χ4n) is 4.61. The summed E-state index contributed by atoms with van der Waals surface area (Å²) in [6, 6.07) is 12.9. The quantitative estimate of drug-likeness (QED) is 0.0939. The Morgan fingerprint density at radius 2 is 1.42 bits per heavy atom. The maximum absolute atomic E-state index is 13.8. The third-order valence-electron chi connectivity index (χ3n) is 7.01. The number of furan rings is 1. The maximum atomic E-state index is 13.8. The van der Waals surface area contributed by atoms with E-state index in [9.17, 15) is 9.59 Å². The van der Waals surface area contributed by atoms with Crippen LogP contribution in [0.25, 0.3) is 17.0 Å². The molecule has 0 saturated carbocycles. The molecule has 9 heteroatoms. The molecule has 0 amide bonds. The van der Waals surface area contributed by atoms with Gasteiger partial charge in [-0.15, -0.1) is 0 Å². The zero-order chi connectivity index (χ0) is 33.4. The van der Waals surface area contributed by atoms with Crippen molar-refractivity contribution in [2.75, 3.05) is 19.6 Å². The number of esters is 1. The Kier molecular flexibility index (Phi) is 15.8. The second-order valence-corrected chi connectivity index (χ2v) is 11.1. The van der Waals surface area contributed by atoms with Gasteiger partial charge in [-0.1, -0.05) is 76.5 Å². The number of carboxylic acids is 2. The van der Waals surface area contributed by atoms with E-state index in [2.05, 4.69) is 37.8 Å². The van der Waals surface area contributed by atoms with Crippen molar-refractivity contribution in [1.82, 2.24) is 4.90 Å². The third-order valence-corrected chi connectivity index (χ3v) is 7.01. The minimum atomic E-state index is -1.82. The molecular weight excluding hydrogens is 574 g/mol. The summed E-state index contributed by atoms with van der Waals surface area (Å²) in [6.07, 6.45) is 11.6. The molecule has 2 N–H and O–H groups in total. The van der Waals surface area contributed by atoms with E-state index in [0.29, 0.717) is 39.8 Å². The van der Waals surface area contributed by atoms with Crippen LogP contribution in [0.4, 0.5) is 0 Å². The number of ether oxygens (including phenoxy) is 1. The molecule has 0 bridgehead atoms. The largest absolute Gasteiger partial charge is 0.473 e. The molecule has 0 radical (unpaired) electrons. The lowest BCUT2D eigenvalue weighted by Crippen LogP contribution is -2.26. The summed E-state index contributed by atoms with van der Waals surface area (Å²) in [5.74, 6) is -3.46. The molecular formula is C36H47NO8. The lowest BCUT2D eigenvalue weighted by molar-refractivity contribution is -0.159. The Labute approximate surface area is 265 Å². The van der Waals surface area contributed by atoms with Crippen LogP contribution in [-0.2, 0) is 20.7 Å². The molecule has 0 saturated heterocycles. The summed E-state index contributed by atoms with van der Waals surface area (Å²) in [5, 5.41) is 15.4. The van der Waals surface area contributed by atoms with Crippen LogP contribution in [0.2, 0.25) is 0 Å². The number of hydrogen-bond donors (Lipinski definition) is 2. The Hall–Kier alpha value is -4.24. The summed E-state index contributed by atoms with van der Waals surface area (Å²) < 4.78 is 11.5. The highest BCUT2D eigenvalue weighted by molar-refractivity contribution is 6.27. The second kappa shape index (κ2) is 19.2. The number of ketones is 1. The Balaban J connectivity index is 0.00000107. The van der Waals surface area contributed by atoms with E-state index >= 15 is 0 Å². The summed E-state index contributed by atoms with van der Waals surface area (Å²) in [4.78, 5) is 47.0. The topological polar surface area (TPSA) is 134 Å². The molecule has 2 aromatic carbocycles. The fraction of sp³-hybridized carbons (Fsp3) is 0.444. The minimum Gasteiger partial charge on any atom is -0.473 e. The number of carbonyl (C=O) groups excluding carboxylic acids is 2. The number of aliphatic carboxylic acids is 2. The van der Waals surface area contributed by atoms with E-state index in [1.54, 1.807) is 18.2 Å². The van der Waals surface area contributed by atoms with Crippen LogP contribution in [0, 0.1) is 0 Å². The first kappa shape index (κ1) is 36.9. The van der Waals surface area contributed by atoms with Crippen LogP contribution in [-0.4, -0.2) is 64.5 Å². The maximum Gasteiger partial charge on any atom is 0.414 e. The van der Waals surface area contributed by atoms with Gasteiger partial charge in [0.1, 0.15) is 11.3 Å². The Morgan fingerprint density at radius 1 is 0.844 bits per heavy atom. The van der Waals surface area contributed by atoms with Crippen LogP contribution in [0.1, 0.15) is 111 Å². The molecule has 9 nitrogen and oxygen atoms in total. The average Bonchev–Trinajstić information content (AvgIpc) is 3.38. The van der Waals surface area contributed by atoms with Crippen molar-refractivity contribution >= 4 is 40.7 Å². The number of hydrogen-bond acceptors (Lipinski definition) is 7. The lowest BCUT2D eigenvalue weighted by Gasteiger charge is -2.19. The molecule has 0 aliphatic carbocycles. The number of nitrogens with zero attached hydrogens (tertiary/aromatic N) is 1. The third kappa shape index (κ3) is 12.0. The Morgan fingerprint density at radius 3 is 1.96 bits per heavy atom. The van der Waals surface area contributed by atoms with Crippen molar-refractivity contribution in [1.29, 1.82) is 0 Å². The predicted octanol–water partition coefficient (Wildman–Crippen LogP) is 7.64. The van der Waals surface area contributed by atoms with Crippen LogP contribution in [0.3, 0.4) is 0 Å². The smallest absolute Gasteiger partial charge is 0.414 e. The van der Waals surface area contributed by atoms with Gasteiger partial charge in [-0.05, 0) is 70.0 Å². The molecule has 0 atom stereocenters. The number of aryl methyl sites for hydroxylation is 1. The first-order chi connectivity index (χ1) is 21.5. The van der Waals surface area contributed by atoms with Crippen molar-refractivity contribution in [3.63, 3.8) is 0 Å². The first-order valence-electron chi connectivity index (χ1n) is 15.8. The predicted molar refractivity (Wildman–Crippen MR) is 176 cm³/mol. The summed E-state index contributed by atoms with van der Waals surface area (Å²) in [6.45, 7) is 13.4. The van der Waals surface area contributed by atoms with Gasteiger partial charge >= 0.3 is 17.9 Å². The monoisotopic (exact) mass is 621 g/mol. The molecule has 0 fully saturated rings. The van der Waals surface area contributed by atoms with Gasteiger partial charge in [0.2, 0.25) is 0 Å². The van der Waals surface area contributed by atoms with E-state index in [1.165, 1.54) is 25.7 Å². The first-order valence-corrected chi connectivity index (χ1v) is 15.8. The standard InChI is InChI=1S/C34H45NO4.C2H2O4/c1-6-9-14-31-32(29-24-28(19-20-30(29)39-31)34(37)38-25(4)5)33(36)27-17-15-26(16-18-27)13-12-23-35(21-10-7-2)22-11-8-3;3-1(4)2(5)6/h12-13,15-20,24-25H,6-11,14,21-23H2,1-5H3;(H,3,4)(H,5,6)/b13-12-;. The number of carboxylic acid groups (broad SMARTS) is 2. The minimum absolute atomic E-state index is 0.0879. The molecule has 3 aromatic rings. The van der Waals surface area contributed by atoms with Crippen LogP contribution < -0.4 is 0 Å². The van der Waals surface area contributed by atoms with Crippen molar-refractivity contribution in [3.8, 4) is 0 Å². The van der Waals surface area contributed by atoms with E-state index in [0.717, 1.165) is 38.0 Å². The summed E-state index contributed by atoms with van der Waals surface area (Å²) in [7, 11) is 0. The SMILES string of the molecule is CCCCc1oc2ccc(C(=O)OC(C)C)cc2c1C(=O)c1ccc(/C=C\CN(CCCC)CCCC)cc1.O=C(O)C(=O)O. The fourth-order valence-corrected chi connectivity index (χ4v) is 4.61. The van der Waals surface area contributed by atoms with Gasteiger partial charge in [0, 0.05) is 23.9 Å². The second-order valence-electron chi connectivity index (χ2n) is 11.1. The molecule has 1 heterocycles. The highest BCUT2D eigenvalue weighted by Gasteiger charge is 2.23. The van der Waals surface area contributed by atoms with Gasteiger partial charge in [0.15, 0.2) is 5.78 Å². The van der Waals surface area contributed by atoms with E-state index in [4.69, 9.17) is 29.0 Å². The number of unbranched alkanes of at least 4 members (excludes halogenated alkanes) is 3. The highest BCUT2D eigenvalue weighted by Crippen LogP contribution is 2.31. The van der Waals surface area contributed by atoms with Gasteiger partial charge in [0.05, 0.1) is 17.2 Å². The number of fused-ring (bicyclic) bond motifs is 1. The molecule has 0 aliphatic rings. The zero-order valence-electron chi connectivity index (χ0n) is 27.1. The number of rotatable bonds is 16. The molecule has 0 aliphatic heterocycles. The van der Waals surface area contributed by atoms with Crippen molar-refractivity contribution in [3.05, 3.63) is 76.6 Å².